The van der Waals surface area contributed by atoms with Crippen LogP contribution >= 0.6 is 0 Å². The van der Waals surface area contributed by atoms with E-state index in [2.05, 4.69) is 63.8 Å². The van der Waals surface area contributed by atoms with E-state index in [1.165, 1.54) is 12.5 Å². The van der Waals surface area contributed by atoms with Crippen LogP contribution in [-0.2, 0) is 20.4 Å². The van der Waals surface area contributed by atoms with Gasteiger partial charge in [-0.25, -0.2) is 0 Å². The summed E-state index contributed by atoms with van der Waals surface area (Å²) in [5, 5.41) is 2.62. The van der Waals surface area contributed by atoms with Gasteiger partial charge in [0.25, 0.3) is 11.8 Å². The zero-order chi connectivity index (χ0) is 24.1. The SMILES string of the molecule is CC(=O)Nc1ccc(C(=O)NNC(=O)COc2ccc(C(C)(C)C)cc2C(C)(C)C)cc1. The molecule has 0 aliphatic rings. The molecule has 0 saturated heterocycles. The van der Waals surface area contributed by atoms with Crippen LogP contribution < -0.4 is 20.9 Å². The highest BCUT2D eigenvalue weighted by molar-refractivity contribution is 5.96. The van der Waals surface area contributed by atoms with Crippen molar-refractivity contribution in [1.29, 1.82) is 0 Å². The molecule has 2 aromatic rings. The highest BCUT2D eigenvalue weighted by atomic mass is 16.5. The maximum Gasteiger partial charge on any atom is 0.276 e. The third kappa shape index (κ3) is 7.11. The molecule has 0 atom stereocenters. The van der Waals surface area contributed by atoms with Crippen LogP contribution in [0, 0.1) is 0 Å². The van der Waals surface area contributed by atoms with Crippen molar-refractivity contribution in [2.75, 3.05) is 11.9 Å². The Labute approximate surface area is 189 Å². The first-order valence-corrected chi connectivity index (χ1v) is 10.5. The molecule has 2 aromatic carbocycles. The van der Waals surface area contributed by atoms with Crippen molar-refractivity contribution in [3.63, 3.8) is 0 Å². The summed E-state index contributed by atoms with van der Waals surface area (Å²) in [4.78, 5) is 35.5. The van der Waals surface area contributed by atoms with Gasteiger partial charge in [-0.1, -0.05) is 53.7 Å². The lowest BCUT2D eigenvalue weighted by Gasteiger charge is -2.27. The molecular weight excluding hydrogens is 406 g/mol. The third-order valence-corrected chi connectivity index (χ3v) is 4.80. The first kappa shape index (κ1) is 24.9. The van der Waals surface area contributed by atoms with E-state index in [0.717, 1.165) is 5.56 Å². The summed E-state index contributed by atoms with van der Waals surface area (Å²) >= 11 is 0. The summed E-state index contributed by atoms with van der Waals surface area (Å²) in [6, 6.07) is 12.3. The Morgan fingerprint density at radius 3 is 2.00 bits per heavy atom. The van der Waals surface area contributed by atoms with Gasteiger partial charge in [-0.3, -0.25) is 25.2 Å². The van der Waals surface area contributed by atoms with Gasteiger partial charge in [0.1, 0.15) is 5.75 Å². The van der Waals surface area contributed by atoms with Gasteiger partial charge in [-0.2, -0.15) is 0 Å². The normalized spacial score (nSPS) is 11.5. The number of carbonyl (C=O) groups is 3. The second-order valence-corrected chi connectivity index (χ2v) is 9.76. The minimum atomic E-state index is -0.479. The Hall–Kier alpha value is -3.35. The van der Waals surface area contributed by atoms with Crippen LogP contribution in [0.5, 0.6) is 5.75 Å². The van der Waals surface area contributed by atoms with Crippen molar-refractivity contribution >= 4 is 23.4 Å². The summed E-state index contributed by atoms with van der Waals surface area (Å²) in [7, 11) is 0. The first-order valence-electron chi connectivity index (χ1n) is 10.5. The molecule has 2 rings (SSSR count). The number of hydrogen-bond acceptors (Lipinski definition) is 4. The van der Waals surface area contributed by atoms with Crippen LogP contribution in [0.25, 0.3) is 0 Å². The fourth-order valence-corrected chi connectivity index (χ4v) is 2.99. The van der Waals surface area contributed by atoms with Crippen molar-refractivity contribution < 1.29 is 19.1 Å². The monoisotopic (exact) mass is 439 g/mol. The number of carbonyl (C=O) groups excluding carboxylic acids is 3. The van der Waals surface area contributed by atoms with Gasteiger partial charge in [-0.05, 0) is 52.3 Å². The molecule has 0 aliphatic heterocycles. The molecule has 172 valence electrons. The molecule has 3 N–H and O–H groups in total. The second-order valence-electron chi connectivity index (χ2n) is 9.76. The average Bonchev–Trinajstić information content (AvgIpc) is 2.69. The molecule has 7 nitrogen and oxygen atoms in total. The predicted molar refractivity (Wildman–Crippen MR) is 126 cm³/mol. The van der Waals surface area contributed by atoms with Gasteiger partial charge in [0.2, 0.25) is 5.91 Å². The molecule has 3 amide bonds. The van der Waals surface area contributed by atoms with Crippen molar-refractivity contribution in [1.82, 2.24) is 10.9 Å². The standard InChI is InChI=1S/C25H33N3O4/c1-16(29)26-19-11-8-17(9-12-19)23(31)28-27-22(30)15-32-21-13-10-18(24(2,3)4)14-20(21)25(5,6)7/h8-14H,15H2,1-7H3,(H,26,29)(H,27,30)(H,28,31). The van der Waals surface area contributed by atoms with Gasteiger partial charge >= 0.3 is 0 Å². The number of rotatable bonds is 5. The van der Waals surface area contributed by atoms with E-state index in [1.54, 1.807) is 24.3 Å². The second kappa shape index (κ2) is 9.85. The van der Waals surface area contributed by atoms with Crippen LogP contribution in [0.4, 0.5) is 5.69 Å². The summed E-state index contributed by atoms with van der Waals surface area (Å²) in [5.74, 6) is -0.511. The number of hydrogen-bond donors (Lipinski definition) is 3. The lowest BCUT2D eigenvalue weighted by atomic mass is 9.80. The fraction of sp³-hybridized carbons (Fsp3) is 0.400. The Morgan fingerprint density at radius 1 is 0.844 bits per heavy atom. The quantitative estimate of drug-likeness (QED) is 0.612. The summed E-state index contributed by atoms with van der Waals surface area (Å²) in [6.07, 6.45) is 0. The van der Waals surface area contributed by atoms with Crippen LogP contribution in [0.3, 0.4) is 0 Å². The van der Waals surface area contributed by atoms with Crippen LogP contribution in [0.1, 0.15) is 70.0 Å². The van der Waals surface area contributed by atoms with Gasteiger partial charge in [0.05, 0.1) is 0 Å². The van der Waals surface area contributed by atoms with Crippen LogP contribution in [0.2, 0.25) is 0 Å². The molecule has 0 saturated carbocycles. The van der Waals surface area contributed by atoms with Crippen molar-refractivity contribution in [2.45, 2.75) is 59.3 Å². The van der Waals surface area contributed by atoms with E-state index in [4.69, 9.17) is 4.74 Å². The maximum atomic E-state index is 12.2. The Morgan fingerprint density at radius 2 is 1.47 bits per heavy atom. The number of nitrogens with one attached hydrogen (secondary N) is 3. The zero-order valence-corrected chi connectivity index (χ0v) is 19.9. The lowest BCUT2D eigenvalue weighted by molar-refractivity contribution is -0.123. The average molecular weight is 440 g/mol. The topological polar surface area (TPSA) is 96.5 Å². The Bertz CT molecular complexity index is 984. The number of hydrazine groups is 1. The molecule has 0 bridgehead atoms. The molecule has 0 aromatic heterocycles. The molecular formula is C25H33N3O4. The number of anilines is 1. The highest BCUT2D eigenvalue weighted by Crippen LogP contribution is 2.35. The molecule has 0 heterocycles. The van der Waals surface area contributed by atoms with Crippen LogP contribution in [0.15, 0.2) is 42.5 Å². The largest absolute Gasteiger partial charge is 0.483 e. The number of amides is 3. The summed E-state index contributed by atoms with van der Waals surface area (Å²) in [5.41, 5.74) is 7.69. The van der Waals surface area contributed by atoms with Gasteiger partial charge in [-0.15, -0.1) is 0 Å². The van der Waals surface area contributed by atoms with Crippen LogP contribution in [-0.4, -0.2) is 24.3 Å². The third-order valence-electron chi connectivity index (χ3n) is 4.80. The van der Waals surface area contributed by atoms with E-state index < -0.39 is 11.8 Å². The highest BCUT2D eigenvalue weighted by Gasteiger charge is 2.23. The smallest absolute Gasteiger partial charge is 0.276 e. The minimum absolute atomic E-state index is 0.000517. The molecule has 0 spiro atoms. The van der Waals surface area contributed by atoms with E-state index in [9.17, 15) is 14.4 Å². The van der Waals surface area contributed by atoms with E-state index in [1.807, 2.05) is 12.1 Å². The molecule has 0 unspecified atom stereocenters. The van der Waals surface area contributed by atoms with Gasteiger partial charge in [0.15, 0.2) is 6.61 Å². The molecule has 7 heteroatoms. The maximum absolute atomic E-state index is 12.2. The minimum Gasteiger partial charge on any atom is -0.483 e. The molecule has 0 radical (unpaired) electrons. The first-order chi connectivity index (χ1) is 14.8. The van der Waals surface area contributed by atoms with Gasteiger partial charge in [0, 0.05) is 18.2 Å². The number of ether oxygens (including phenoxy) is 1. The Balaban J connectivity index is 1.96. The van der Waals surface area contributed by atoms with E-state index in [0.29, 0.717) is 17.0 Å². The van der Waals surface area contributed by atoms with E-state index >= 15 is 0 Å². The molecule has 0 aliphatic carbocycles. The zero-order valence-electron chi connectivity index (χ0n) is 19.9. The van der Waals surface area contributed by atoms with Crippen molar-refractivity contribution in [3.05, 3.63) is 59.2 Å². The van der Waals surface area contributed by atoms with Crippen molar-refractivity contribution in [3.8, 4) is 5.75 Å². The molecule has 32 heavy (non-hydrogen) atoms. The lowest BCUT2D eigenvalue weighted by Crippen LogP contribution is -2.43. The Kier molecular flexibility index (Phi) is 7.67. The predicted octanol–water partition coefficient (Wildman–Crippen LogP) is 4.08. The van der Waals surface area contributed by atoms with Gasteiger partial charge < -0.3 is 10.1 Å². The number of benzene rings is 2. The molecule has 0 fully saturated rings. The van der Waals surface area contributed by atoms with E-state index in [-0.39, 0.29) is 23.3 Å². The summed E-state index contributed by atoms with van der Waals surface area (Å²) in [6.45, 7) is 13.9. The fourth-order valence-electron chi connectivity index (χ4n) is 2.99. The summed E-state index contributed by atoms with van der Waals surface area (Å²) < 4.78 is 5.78. The van der Waals surface area contributed by atoms with Crippen molar-refractivity contribution in [2.24, 2.45) is 0 Å².